The zero-order valence-corrected chi connectivity index (χ0v) is 19.9. The van der Waals surface area contributed by atoms with Gasteiger partial charge in [0.25, 0.3) is 0 Å². The number of aromatic amines is 1. The third-order valence-corrected chi connectivity index (χ3v) is 4.91. The maximum absolute atomic E-state index is 10.3. The second-order valence-corrected chi connectivity index (χ2v) is 8.36. The van der Waals surface area contributed by atoms with Crippen LogP contribution in [0.4, 0.5) is 0 Å². The van der Waals surface area contributed by atoms with E-state index in [9.17, 15) is 5.11 Å². The number of para-hydroxylation sites is 3. The summed E-state index contributed by atoms with van der Waals surface area (Å²) < 4.78 is 48.5. The average Bonchev–Trinajstić information content (AvgIpc) is 3.21. The molecule has 5 N–H and O–H groups in total. The van der Waals surface area contributed by atoms with Crippen LogP contribution in [0.15, 0.2) is 66.7 Å². The fourth-order valence-electron chi connectivity index (χ4n) is 3.47. The van der Waals surface area contributed by atoms with Crippen LogP contribution in [0.5, 0.6) is 17.2 Å². The summed E-state index contributed by atoms with van der Waals surface area (Å²) in [6.07, 6.45) is -0.628. The Labute approximate surface area is 203 Å². The van der Waals surface area contributed by atoms with Crippen molar-refractivity contribution in [1.82, 2.24) is 10.3 Å². The average molecular weight is 505 g/mol. The first kappa shape index (κ1) is 26.3. The van der Waals surface area contributed by atoms with Gasteiger partial charge in [0.1, 0.15) is 25.1 Å². The summed E-state index contributed by atoms with van der Waals surface area (Å²) in [6.45, 7) is 1.70. The molecule has 35 heavy (non-hydrogen) atoms. The Morgan fingerprint density at radius 3 is 2.26 bits per heavy atom. The van der Waals surface area contributed by atoms with Gasteiger partial charge in [0.2, 0.25) is 0 Å². The zero-order valence-electron chi connectivity index (χ0n) is 19.0. The lowest BCUT2D eigenvalue weighted by Crippen LogP contribution is -2.33. The topological polar surface area (TPSA) is 150 Å². The van der Waals surface area contributed by atoms with Gasteiger partial charge < -0.3 is 29.6 Å². The number of nitrogens with one attached hydrogen (secondary N) is 2. The Morgan fingerprint density at radius 1 is 0.886 bits per heavy atom. The normalized spacial score (nSPS) is 12.1. The highest BCUT2D eigenvalue weighted by molar-refractivity contribution is 7.79. The van der Waals surface area contributed by atoms with Crippen molar-refractivity contribution in [2.75, 3.05) is 33.4 Å². The smallest absolute Gasteiger partial charge is 0.394 e. The first-order valence-electron chi connectivity index (χ1n) is 10.7. The van der Waals surface area contributed by atoms with Crippen molar-refractivity contribution in [1.29, 1.82) is 0 Å². The van der Waals surface area contributed by atoms with Crippen LogP contribution in [0.1, 0.15) is 0 Å². The molecule has 1 unspecified atom stereocenters. The molecule has 10 nitrogen and oxygen atoms in total. The number of hydrogen-bond acceptors (Lipinski definition) is 7. The Bertz CT molecular complexity index is 1330. The number of ether oxygens (including phenoxy) is 3. The molecule has 1 aromatic heterocycles. The van der Waals surface area contributed by atoms with Gasteiger partial charge in [0.15, 0.2) is 11.5 Å². The monoisotopic (exact) mass is 504 g/mol. The molecule has 0 amide bonds. The highest BCUT2D eigenvalue weighted by Gasteiger charge is 2.11. The minimum atomic E-state index is -4.67. The van der Waals surface area contributed by atoms with Crippen molar-refractivity contribution in [2.24, 2.45) is 0 Å². The number of rotatable bonds is 10. The third kappa shape index (κ3) is 8.12. The van der Waals surface area contributed by atoms with Crippen LogP contribution in [0, 0.1) is 0 Å². The molecule has 1 heterocycles. The van der Waals surface area contributed by atoms with E-state index in [1.165, 1.54) is 0 Å². The highest BCUT2D eigenvalue weighted by atomic mass is 32.3. The number of aliphatic hydroxyl groups excluding tert-OH is 1. The van der Waals surface area contributed by atoms with Gasteiger partial charge in [0.05, 0.1) is 12.6 Å². The van der Waals surface area contributed by atoms with E-state index in [1.807, 2.05) is 60.7 Å². The summed E-state index contributed by atoms with van der Waals surface area (Å²) in [5.41, 5.74) is 2.09. The Kier molecular flexibility index (Phi) is 9.29. The summed E-state index contributed by atoms with van der Waals surface area (Å²) >= 11 is 0. The van der Waals surface area contributed by atoms with E-state index in [0.29, 0.717) is 31.2 Å². The minimum absolute atomic E-state index is 0.207. The molecule has 4 aromatic rings. The number of aliphatic hydroxyl groups is 1. The number of benzene rings is 3. The van der Waals surface area contributed by atoms with E-state index in [0.717, 1.165) is 27.6 Å². The number of methoxy groups -OCH3 is 1. The largest absolute Gasteiger partial charge is 0.493 e. The van der Waals surface area contributed by atoms with Crippen LogP contribution < -0.4 is 19.5 Å². The fraction of sp³-hybridized carbons (Fsp3) is 0.250. The number of fused-ring (bicyclic) bond motifs is 3. The van der Waals surface area contributed by atoms with Crippen LogP contribution >= 0.6 is 0 Å². The van der Waals surface area contributed by atoms with Crippen molar-refractivity contribution >= 4 is 32.2 Å². The lowest BCUT2D eigenvalue weighted by molar-refractivity contribution is 0.106. The first-order chi connectivity index (χ1) is 16.8. The van der Waals surface area contributed by atoms with Gasteiger partial charge in [-0.2, -0.15) is 8.42 Å². The van der Waals surface area contributed by atoms with E-state index in [1.54, 1.807) is 7.11 Å². The predicted molar refractivity (Wildman–Crippen MR) is 133 cm³/mol. The van der Waals surface area contributed by atoms with Crippen LogP contribution in [-0.2, 0) is 10.4 Å². The van der Waals surface area contributed by atoms with Crippen molar-refractivity contribution < 1.29 is 36.8 Å². The summed E-state index contributed by atoms with van der Waals surface area (Å²) in [4.78, 5) is 3.40. The quantitative estimate of drug-likeness (QED) is 0.162. The molecule has 1 atom stereocenters. The van der Waals surface area contributed by atoms with Crippen molar-refractivity contribution in [2.45, 2.75) is 6.10 Å². The second kappa shape index (κ2) is 12.4. The molecule has 0 saturated heterocycles. The molecule has 3 aromatic carbocycles. The summed E-state index contributed by atoms with van der Waals surface area (Å²) in [7, 11) is -3.05. The van der Waals surface area contributed by atoms with Crippen molar-refractivity contribution in [3.63, 3.8) is 0 Å². The Balaban J connectivity index is 0.000000623. The maximum atomic E-state index is 10.3. The molecule has 0 fully saturated rings. The number of aromatic nitrogens is 1. The Hall–Kier alpha value is -3.35. The standard InChI is InChI=1S/C24H26N2O4.H2O4S/c1-28-21-10-4-5-11-22(21)29-14-13-25-15-17(27)16-30-23-12-6-9-20-24(23)18-7-2-3-8-19(18)26-20;1-5(2,3)4/h2-12,17,25-27H,13-16H2,1H3;(H2,1,2,3,4). The molecular formula is C24H28N2O8S. The van der Waals surface area contributed by atoms with Crippen LogP contribution in [0.25, 0.3) is 21.8 Å². The molecule has 0 aliphatic rings. The van der Waals surface area contributed by atoms with Crippen LogP contribution in [0.3, 0.4) is 0 Å². The SMILES string of the molecule is COc1ccccc1OCCNCC(O)COc1cccc2[nH]c3ccccc3c12.O=S(=O)(O)O. The van der Waals surface area contributed by atoms with Crippen molar-refractivity contribution in [3.8, 4) is 17.2 Å². The molecule has 188 valence electrons. The zero-order chi connectivity index (χ0) is 25.3. The summed E-state index contributed by atoms with van der Waals surface area (Å²) in [5, 5.41) is 15.6. The molecule has 0 radical (unpaired) electrons. The molecule has 0 saturated carbocycles. The van der Waals surface area contributed by atoms with Crippen LogP contribution in [0.2, 0.25) is 0 Å². The predicted octanol–water partition coefficient (Wildman–Crippen LogP) is 3.09. The van der Waals surface area contributed by atoms with Gasteiger partial charge in [0, 0.05) is 29.4 Å². The summed E-state index contributed by atoms with van der Waals surface area (Å²) in [6, 6.07) is 21.6. The van der Waals surface area contributed by atoms with Crippen LogP contribution in [-0.4, -0.2) is 67.1 Å². The van der Waals surface area contributed by atoms with Gasteiger partial charge in [-0.15, -0.1) is 0 Å². The highest BCUT2D eigenvalue weighted by Crippen LogP contribution is 2.33. The van der Waals surface area contributed by atoms with Gasteiger partial charge >= 0.3 is 10.4 Å². The molecule has 0 spiro atoms. The molecule has 11 heteroatoms. The lowest BCUT2D eigenvalue weighted by Gasteiger charge is -2.15. The fourth-order valence-corrected chi connectivity index (χ4v) is 3.47. The second-order valence-electron chi connectivity index (χ2n) is 7.47. The van der Waals surface area contributed by atoms with E-state index >= 15 is 0 Å². The molecular weight excluding hydrogens is 476 g/mol. The molecule has 0 aliphatic heterocycles. The lowest BCUT2D eigenvalue weighted by atomic mass is 10.1. The van der Waals surface area contributed by atoms with E-state index in [2.05, 4.69) is 16.4 Å². The number of H-pyrrole nitrogens is 1. The maximum Gasteiger partial charge on any atom is 0.394 e. The van der Waals surface area contributed by atoms with E-state index < -0.39 is 16.5 Å². The third-order valence-electron chi connectivity index (χ3n) is 4.91. The molecule has 0 bridgehead atoms. The van der Waals surface area contributed by atoms with E-state index in [4.69, 9.17) is 31.7 Å². The Morgan fingerprint density at radius 2 is 1.51 bits per heavy atom. The molecule has 0 aliphatic carbocycles. The molecule has 4 rings (SSSR count). The van der Waals surface area contributed by atoms with E-state index in [-0.39, 0.29) is 6.61 Å². The minimum Gasteiger partial charge on any atom is -0.493 e. The van der Waals surface area contributed by atoms with Gasteiger partial charge in [-0.3, -0.25) is 9.11 Å². The first-order valence-corrected chi connectivity index (χ1v) is 12.1. The van der Waals surface area contributed by atoms with Crippen molar-refractivity contribution in [3.05, 3.63) is 66.7 Å². The van der Waals surface area contributed by atoms with Gasteiger partial charge in [-0.1, -0.05) is 36.4 Å². The summed E-state index contributed by atoms with van der Waals surface area (Å²) in [5.74, 6) is 2.18. The van der Waals surface area contributed by atoms with Gasteiger partial charge in [-0.05, 0) is 30.3 Å². The number of hydrogen-bond donors (Lipinski definition) is 5. The van der Waals surface area contributed by atoms with Gasteiger partial charge in [-0.25, -0.2) is 0 Å².